The number of hydrogen-bond donors (Lipinski definition) is 0. The molecule has 8 heterocycles. The van der Waals surface area contributed by atoms with Crippen LogP contribution in [0.5, 0.6) is 0 Å². The van der Waals surface area contributed by atoms with E-state index < -0.39 is 0 Å². The van der Waals surface area contributed by atoms with Crippen molar-refractivity contribution < 1.29 is 0 Å². The SMILES string of the molecule is c1ccc(-c2ccc(-n3c4ccccc4c4c5c6ccccc6n(-c6cccc(-c7nc8ccccc8nc7-c7ccccc7)n6)c5ccc43)cc2)cc1.c1ccc(-c2nc3ccccc3nc2-c2cccc(-n3c4ccccc4c4c5c6ccccc6n(-c6ccccc6)c5ccc43)n2)cc1. The minimum atomic E-state index is 0.756. The zero-order valence-electron chi connectivity index (χ0n) is 55.0. The van der Waals surface area contributed by atoms with Gasteiger partial charge in [-0.25, -0.2) is 29.9 Å². The number of para-hydroxylation sites is 9. The molecule has 0 saturated heterocycles. The summed E-state index contributed by atoms with van der Waals surface area (Å²) in [4.78, 5) is 31.2. The average molecular weight is 1300 g/mol. The quantitative estimate of drug-likeness (QED) is 0.143. The van der Waals surface area contributed by atoms with Crippen molar-refractivity contribution in [2.75, 3.05) is 0 Å². The zero-order chi connectivity index (χ0) is 67.2. The first kappa shape index (κ1) is 58.2. The van der Waals surface area contributed by atoms with Gasteiger partial charge in [0.2, 0.25) is 0 Å². The normalized spacial score (nSPS) is 11.7. The van der Waals surface area contributed by atoms with E-state index in [0.717, 1.165) is 112 Å². The Kier molecular flexibility index (Phi) is 13.7. The number of benzene rings is 13. The van der Waals surface area contributed by atoms with Crippen molar-refractivity contribution in [3.63, 3.8) is 0 Å². The first-order valence-corrected chi connectivity index (χ1v) is 34.4. The predicted octanol–water partition coefficient (Wildman–Crippen LogP) is 22.8. The van der Waals surface area contributed by atoms with E-state index in [-0.39, 0.29) is 0 Å². The Hall–Kier alpha value is -14.0. The molecule has 102 heavy (non-hydrogen) atoms. The van der Waals surface area contributed by atoms with Gasteiger partial charge in [-0.15, -0.1) is 0 Å². The highest BCUT2D eigenvalue weighted by Crippen LogP contribution is 2.45. The molecule has 0 bridgehead atoms. The summed E-state index contributed by atoms with van der Waals surface area (Å²) in [7, 11) is 0. The van der Waals surface area contributed by atoms with E-state index >= 15 is 0 Å². The summed E-state index contributed by atoms with van der Waals surface area (Å²) in [6.07, 6.45) is 0. The van der Waals surface area contributed by atoms with Crippen molar-refractivity contribution in [1.82, 2.24) is 48.2 Å². The number of nitrogens with zero attached hydrogens (tertiary/aromatic N) is 10. The molecule has 0 radical (unpaired) electrons. The van der Waals surface area contributed by atoms with Gasteiger partial charge >= 0.3 is 0 Å². The van der Waals surface area contributed by atoms with Crippen molar-refractivity contribution in [2.45, 2.75) is 0 Å². The van der Waals surface area contributed by atoms with Crippen LogP contribution in [0, 0.1) is 0 Å². The van der Waals surface area contributed by atoms with E-state index in [1.807, 2.05) is 97.1 Å². The molecule has 0 spiro atoms. The van der Waals surface area contributed by atoms with Crippen molar-refractivity contribution in [2.24, 2.45) is 0 Å². The van der Waals surface area contributed by atoms with Crippen LogP contribution in [-0.4, -0.2) is 48.2 Å². The lowest BCUT2D eigenvalue weighted by Gasteiger charge is -2.12. The topological polar surface area (TPSA) is 97.1 Å². The van der Waals surface area contributed by atoms with Gasteiger partial charge in [0.1, 0.15) is 23.0 Å². The average Bonchev–Trinajstić information content (AvgIpc) is 1.55. The third-order valence-corrected chi connectivity index (χ3v) is 19.8. The second-order valence-electron chi connectivity index (χ2n) is 25.7. The number of pyridine rings is 2. The maximum Gasteiger partial charge on any atom is 0.138 e. The van der Waals surface area contributed by atoms with Gasteiger partial charge in [0, 0.05) is 65.6 Å². The summed E-state index contributed by atoms with van der Waals surface area (Å²) in [6, 6.07) is 123. The highest BCUT2D eigenvalue weighted by molar-refractivity contribution is 6.30. The summed E-state index contributed by atoms with van der Waals surface area (Å²) in [6.45, 7) is 0. The van der Waals surface area contributed by atoms with Crippen LogP contribution in [-0.2, 0) is 0 Å². The standard InChI is InChI=1S/C49H31N5.C43H27N5/c1-3-14-32(15-4-1)33-26-28-35(29-27-33)53-41-23-11-7-18-36(41)46-43(53)30-31-44-47(46)37-19-8-12-24-42(37)54(44)45-25-13-22-40(50-45)49-48(34-16-5-2-6-17-34)51-38-20-9-10-21-39(38)52-49;1-3-14-28(15-4-1)42-43(46-33-21-10-9-20-32(33)45-42)34-22-13-25-39(44-34)48-36-24-12-8-19-31(36)41-38(48)27-26-37-40(41)30-18-7-11-23-35(30)47(37)29-16-5-2-6-17-29/h1-31H;1-27H. The van der Waals surface area contributed by atoms with Crippen LogP contribution >= 0.6 is 0 Å². The highest BCUT2D eigenvalue weighted by Gasteiger charge is 2.25. The van der Waals surface area contributed by atoms with Crippen molar-refractivity contribution in [3.05, 3.63) is 352 Å². The van der Waals surface area contributed by atoms with E-state index in [2.05, 4.69) is 273 Å². The molecule has 476 valence electrons. The summed E-state index contributed by atoms with van der Waals surface area (Å²) < 4.78 is 9.36. The molecule has 21 aromatic rings. The Morgan fingerprint density at radius 2 is 0.451 bits per heavy atom. The summed E-state index contributed by atoms with van der Waals surface area (Å²) >= 11 is 0. The molecule has 0 unspecified atom stereocenters. The zero-order valence-corrected chi connectivity index (χ0v) is 55.0. The summed E-state index contributed by atoms with van der Waals surface area (Å²) in [5, 5.41) is 9.72. The molecule has 0 aliphatic heterocycles. The van der Waals surface area contributed by atoms with Crippen LogP contribution in [0.25, 0.3) is 189 Å². The van der Waals surface area contributed by atoms with Gasteiger partial charge < -0.3 is 9.13 Å². The van der Waals surface area contributed by atoms with Crippen molar-refractivity contribution in [3.8, 4) is 79.4 Å². The fourth-order valence-electron chi connectivity index (χ4n) is 15.4. The minimum Gasteiger partial charge on any atom is -0.309 e. The molecule has 10 nitrogen and oxygen atoms in total. The third kappa shape index (κ3) is 9.49. The number of fused-ring (bicyclic) bond motifs is 16. The largest absolute Gasteiger partial charge is 0.309 e. The van der Waals surface area contributed by atoms with Gasteiger partial charge in [0.15, 0.2) is 0 Å². The van der Waals surface area contributed by atoms with Crippen LogP contribution < -0.4 is 0 Å². The number of hydrogen-bond acceptors (Lipinski definition) is 6. The van der Waals surface area contributed by atoms with Crippen molar-refractivity contribution >= 4 is 109 Å². The van der Waals surface area contributed by atoms with Crippen LogP contribution in [0.4, 0.5) is 0 Å². The van der Waals surface area contributed by atoms with E-state index in [9.17, 15) is 0 Å². The Morgan fingerprint density at radius 1 is 0.167 bits per heavy atom. The molecule has 13 aromatic carbocycles. The molecular weight excluding hydrogens is 1250 g/mol. The van der Waals surface area contributed by atoms with Gasteiger partial charge in [-0.1, -0.05) is 231 Å². The Balaban J connectivity index is 0.000000138. The van der Waals surface area contributed by atoms with Gasteiger partial charge in [0.25, 0.3) is 0 Å². The molecule has 0 aliphatic carbocycles. The van der Waals surface area contributed by atoms with E-state index in [4.69, 9.17) is 29.9 Å². The Bertz CT molecular complexity index is 6860. The third-order valence-electron chi connectivity index (χ3n) is 19.8. The monoisotopic (exact) mass is 1300 g/mol. The van der Waals surface area contributed by atoms with Crippen LogP contribution in [0.15, 0.2) is 352 Å². The van der Waals surface area contributed by atoms with Gasteiger partial charge in [0.05, 0.1) is 89.0 Å². The van der Waals surface area contributed by atoms with Gasteiger partial charge in [-0.3, -0.25) is 9.13 Å². The van der Waals surface area contributed by atoms with E-state index in [0.29, 0.717) is 0 Å². The fourth-order valence-corrected chi connectivity index (χ4v) is 15.4. The van der Waals surface area contributed by atoms with Crippen molar-refractivity contribution in [1.29, 1.82) is 0 Å². The summed E-state index contributed by atoms with van der Waals surface area (Å²) in [5.41, 5.74) is 23.9. The molecule has 0 fully saturated rings. The van der Waals surface area contributed by atoms with Crippen LogP contribution in [0.3, 0.4) is 0 Å². The lowest BCUT2D eigenvalue weighted by molar-refractivity contribution is 1.08. The molecular formula is C92H58N10. The lowest BCUT2D eigenvalue weighted by Crippen LogP contribution is -2.01. The molecule has 0 N–H and O–H groups in total. The second-order valence-corrected chi connectivity index (χ2v) is 25.7. The molecule has 10 heteroatoms. The summed E-state index contributed by atoms with van der Waals surface area (Å²) in [5.74, 6) is 1.66. The maximum atomic E-state index is 5.36. The molecule has 0 saturated carbocycles. The van der Waals surface area contributed by atoms with Crippen LogP contribution in [0.2, 0.25) is 0 Å². The molecule has 0 atom stereocenters. The van der Waals surface area contributed by atoms with E-state index in [1.165, 1.54) is 76.3 Å². The first-order chi connectivity index (χ1) is 50.6. The Morgan fingerprint density at radius 3 is 0.833 bits per heavy atom. The Labute approximate surface area is 585 Å². The second kappa shape index (κ2) is 23.9. The maximum absolute atomic E-state index is 5.36. The highest BCUT2D eigenvalue weighted by atomic mass is 15.1. The minimum absolute atomic E-state index is 0.756. The smallest absolute Gasteiger partial charge is 0.138 e. The molecule has 21 rings (SSSR count). The van der Waals surface area contributed by atoms with E-state index in [1.54, 1.807) is 0 Å². The molecule has 0 amide bonds. The predicted molar refractivity (Wildman–Crippen MR) is 419 cm³/mol. The van der Waals surface area contributed by atoms with Crippen LogP contribution in [0.1, 0.15) is 0 Å². The first-order valence-electron chi connectivity index (χ1n) is 34.4. The molecule has 0 aliphatic rings. The fraction of sp³-hybridized carbons (Fsp3) is 0. The molecule has 8 aromatic heterocycles. The van der Waals surface area contributed by atoms with Gasteiger partial charge in [-0.05, 0) is 132 Å². The number of rotatable bonds is 9. The number of aromatic nitrogens is 10. The lowest BCUT2D eigenvalue weighted by atomic mass is 10.1. The van der Waals surface area contributed by atoms with Gasteiger partial charge in [-0.2, -0.15) is 0 Å².